The van der Waals surface area contributed by atoms with E-state index in [1.54, 1.807) is 6.07 Å². The summed E-state index contributed by atoms with van der Waals surface area (Å²) in [6.45, 7) is 3.68. The van der Waals surface area contributed by atoms with Crippen LogP contribution in [0.4, 0.5) is 5.82 Å². The number of carbonyl (C=O) groups is 1. The van der Waals surface area contributed by atoms with Crippen molar-refractivity contribution in [1.29, 1.82) is 0 Å². The van der Waals surface area contributed by atoms with Crippen molar-refractivity contribution in [3.63, 3.8) is 0 Å². The first-order valence-corrected chi connectivity index (χ1v) is 9.10. The van der Waals surface area contributed by atoms with Gasteiger partial charge in [0.15, 0.2) is 0 Å². The Morgan fingerprint density at radius 2 is 1.92 bits per heavy atom. The second-order valence-corrected chi connectivity index (χ2v) is 6.93. The van der Waals surface area contributed by atoms with Gasteiger partial charge in [-0.3, -0.25) is 4.79 Å². The molecule has 2 rings (SSSR count). The number of rotatable bonds is 7. The van der Waals surface area contributed by atoms with Gasteiger partial charge >= 0.3 is 0 Å². The van der Waals surface area contributed by atoms with Crippen LogP contribution in [-0.2, 0) is 0 Å². The third kappa shape index (κ3) is 6.43. The quantitative estimate of drug-likeness (QED) is 0.593. The highest BCUT2D eigenvalue weighted by molar-refractivity contribution is 5.93. The van der Waals surface area contributed by atoms with Gasteiger partial charge in [0.25, 0.3) is 5.91 Å². The number of amides is 1. The van der Waals surface area contributed by atoms with E-state index < -0.39 is 0 Å². The fraction of sp³-hybridized carbons (Fsp3) is 0.722. The molecular weight excluding hydrogens is 302 g/mol. The number of carbonyl (C=O) groups excluding carboxylic acids is 1. The van der Waals surface area contributed by atoms with Gasteiger partial charge in [0.2, 0.25) is 0 Å². The number of aryl methyl sites for hydroxylation is 1. The van der Waals surface area contributed by atoms with Crippen LogP contribution in [0.2, 0.25) is 0 Å². The highest BCUT2D eigenvalue weighted by Crippen LogP contribution is 2.17. The maximum Gasteiger partial charge on any atom is 0.270 e. The zero-order valence-corrected chi connectivity index (χ0v) is 15.3. The number of anilines is 1. The summed E-state index contributed by atoms with van der Waals surface area (Å²) in [5.74, 6) is 1.27. The first-order valence-electron chi connectivity index (χ1n) is 9.10. The lowest BCUT2D eigenvalue weighted by atomic mass is 10.1. The van der Waals surface area contributed by atoms with E-state index in [2.05, 4.69) is 39.6 Å². The molecule has 0 aliphatic heterocycles. The van der Waals surface area contributed by atoms with Crippen molar-refractivity contribution in [3.05, 3.63) is 17.6 Å². The maximum absolute atomic E-state index is 12.5. The molecule has 1 aromatic rings. The van der Waals surface area contributed by atoms with Gasteiger partial charge in [-0.15, -0.1) is 0 Å². The van der Waals surface area contributed by atoms with Gasteiger partial charge in [0.1, 0.15) is 17.3 Å². The van der Waals surface area contributed by atoms with Gasteiger partial charge in [-0.25, -0.2) is 9.97 Å². The van der Waals surface area contributed by atoms with E-state index in [0.29, 0.717) is 11.5 Å². The van der Waals surface area contributed by atoms with Crippen LogP contribution in [0.1, 0.15) is 61.3 Å². The molecule has 2 N–H and O–H groups in total. The SMILES string of the molecule is Cc1nc(NCCCN(C)C)cc(C(=O)NC2CCCCCC2)n1. The van der Waals surface area contributed by atoms with Crippen molar-refractivity contribution in [2.45, 2.75) is 57.9 Å². The molecule has 1 heterocycles. The largest absolute Gasteiger partial charge is 0.370 e. The summed E-state index contributed by atoms with van der Waals surface area (Å²) in [5, 5.41) is 6.44. The summed E-state index contributed by atoms with van der Waals surface area (Å²) in [5.41, 5.74) is 0.460. The zero-order valence-electron chi connectivity index (χ0n) is 15.3. The smallest absolute Gasteiger partial charge is 0.270 e. The van der Waals surface area contributed by atoms with Gasteiger partial charge < -0.3 is 15.5 Å². The average molecular weight is 333 g/mol. The zero-order chi connectivity index (χ0) is 17.4. The van der Waals surface area contributed by atoms with E-state index in [1.165, 1.54) is 25.7 Å². The third-order valence-corrected chi connectivity index (χ3v) is 4.35. The normalized spacial score (nSPS) is 16.0. The summed E-state index contributed by atoms with van der Waals surface area (Å²) < 4.78 is 0. The number of aromatic nitrogens is 2. The fourth-order valence-corrected chi connectivity index (χ4v) is 3.07. The van der Waals surface area contributed by atoms with Crippen molar-refractivity contribution in [3.8, 4) is 0 Å². The van der Waals surface area contributed by atoms with E-state index in [9.17, 15) is 4.79 Å². The Morgan fingerprint density at radius 3 is 2.58 bits per heavy atom. The van der Waals surface area contributed by atoms with Gasteiger partial charge in [-0.2, -0.15) is 0 Å². The minimum atomic E-state index is -0.0799. The van der Waals surface area contributed by atoms with Crippen LogP contribution in [0.5, 0.6) is 0 Å². The van der Waals surface area contributed by atoms with Crippen LogP contribution in [0.3, 0.4) is 0 Å². The molecule has 6 heteroatoms. The second kappa shape index (κ2) is 9.57. The maximum atomic E-state index is 12.5. The van der Waals surface area contributed by atoms with Crippen molar-refractivity contribution >= 4 is 11.7 Å². The monoisotopic (exact) mass is 333 g/mol. The Bertz CT molecular complexity index is 524. The predicted molar refractivity (Wildman–Crippen MR) is 97.4 cm³/mol. The van der Waals surface area contributed by atoms with E-state index in [1.807, 2.05) is 6.92 Å². The van der Waals surface area contributed by atoms with Gasteiger partial charge in [-0.05, 0) is 46.8 Å². The standard InChI is InChI=1S/C18H31N5O/c1-14-20-16(13-17(21-14)19-11-8-12-23(2)3)18(24)22-15-9-6-4-5-7-10-15/h13,15H,4-12H2,1-3H3,(H,22,24)(H,19,20,21). The number of nitrogens with zero attached hydrogens (tertiary/aromatic N) is 3. The molecule has 1 aromatic heterocycles. The van der Waals surface area contributed by atoms with Crippen LogP contribution in [-0.4, -0.2) is 54.0 Å². The average Bonchev–Trinajstić information content (AvgIpc) is 2.79. The van der Waals surface area contributed by atoms with Crippen molar-refractivity contribution in [1.82, 2.24) is 20.2 Å². The summed E-state index contributed by atoms with van der Waals surface area (Å²) in [6, 6.07) is 2.04. The molecule has 0 unspecified atom stereocenters. The van der Waals surface area contributed by atoms with Crippen molar-refractivity contribution in [2.75, 3.05) is 32.5 Å². The molecule has 0 spiro atoms. The van der Waals surface area contributed by atoms with Crippen LogP contribution >= 0.6 is 0 Å². The third-order valence-electron chi connectivity index (χ3n) is 4.35. The van der Waals surface area contributed by atoms with E-state index >= 15 is 0 Å². The van der Waals surface area contributed by atoms with E-state index in [0.717, 1.165) is 38.2 Å². The number of hydrogen-bond donors (Lipinski definition) is 2. The van der Waals surface area contributed by atoms with Crippen LogP contribution in [0.15, 0.2) is 6.07 Å². The molecule has 24 heavy (non-hydrogen) atoms. The van der Waals surface area contributed by atoms with Crippen LogP contribution in [0.25, 0.3) is 0 Å². The predicted octanol–water partition coefficient (Wildman–Crippen LogP) is 2.60. The van der Waals surface area contributed by atoms with Gasteiger partial charge in [0.05, 0.1) is 0 Å². The first-order chi connectivity index (χ1) is 11.5. The van der Waals surface area contributed by atoms with Crippen molar-refractivity contribution < 1.29 is 4.79 Å². The fourth-order valence-electron chi connectivity index (χ4n) is 3.07. The molecular formula is C18H31N5O. The topological polar surface area (TPSA) is 70.2 Å². The van der Waals surface area contributed by atoms with Gasteiger partial charge in [-0.1, -0.05) is 25.7 Å². The summed E-state index contributed by atoms with van der Waals surface area (Å²) in [7, 11) is 4.12. The molecule has 134 valence electrons. The van der Waals surface area contributed by atoms with Gasteiger partial charge in [0, 0.05) is 18.7 Å². The van der Waals surface area contributed by atoms with E-state index in [-0.39, 0.29) is 11.9 Å². The first kappa shape index (κ1) is 18.6. The molecule has 1 fully saturated rings. The minimum absolute atomic E-state index is 0.0799. The Hall–Kier alpha value is -1.69. The molecule has 1 amide bonds. The Morgan fingerprint density at radius 1 is 1.21 bits per heavy atom. The second-order valence-electron chi connectivity index (χ2n) is 6.93. The Labute approximate surface area is 145 Å². The highest BCUT2D eigenvalue weighted by Gasteiger charge is 2.17. The molecule has 1 aliphatic carbocycles. The molecule has 6 nitrogen and oxygen atoms in total. The molecule has 0 radical (unpaired) electrons. The Kier molecular flexibility index (Phi) is 7.43. The number of nitrogens with one attached hydrogen (secondary N) is 2. The summed E-state index contributed by atoms with van der Waals surface area (Å²) in [4.78, 5) is 23.4. The number of hydrogen-bond acceptors (Lipinski definition) is 5. The molecule has 0 aromatic carbocycles. The summed E-state index contributed by atoms with van der Waals surface area (Å²) in [6.07, 6.45) is 8.13. The molecule has 1 saturated carbocycles. The van der Waals surface area contributed by atoms with E-state index in [4.69, 9.17) is 0 Å². The Balaban J connectivity index is 1.92. The lowest BCUT2D eigenvalue weighted by Gasteiger charge is -2.16. The molecule has 0 saturated heterocycles. The molecule has 0 atom stereocenters. The molecule has 1 aliphatic rings. The molecule has 0 bridgehead atoms. The van der Waals surface area contributed by atoms with Crippen molar-refractivity contribution in [2.24, 2.45) is 0 Å². The summed E-state index contributed by atoms with van der Waals surface area (Å²) >= 11 is 0. The highest BCUT2D eigenvalue weighted by atomic mass is 16.1. The lowest BCUT2D eigenvalue weighted by molar-refractivity contribution is 0.0928. The van der Waals surface area contributed by atoms with Crippen LogP contribution < -0.4 is 10.6 Å². The lowest BCUT2D eigenvalue weighted by Crippen LogP contribution is -2.35. The minimum Gasteiger partial charge on any atom is -0.370 e. The van der Waals surface area contributed by atoms with Crippen LogP contribution in [0, 0.1) is 6.92 Å².